The van der Waals surface area contributed by atoms with Crippen molar-refractivity contribution < 1.29 is 13.2 Å². The predicted molar refractivity (Wildman–Crippen MR) is 81.2 cm³/mol. The summed E-state index contributed by atoms with van der Waals surface area (Å²) in [7, 11) is -3.36. The third-order valence-electron chi connectivity index (χ3n) is 3.27. The van der Waals surface area contributed by atoms with Gasteiger partial charge in [0, 0.05) is 16.6 Å². The van der Waals surface area contributed by atoms with Crippen LogP contribution in [-0.2, 0) is 10.0 Å². The first-order valence-electron chi connectivity index (χ1n) is 6.62. The van der Waals surface area contributed by atoms with Crippen LogP contribution in [0, 0.1) is 13.8 Å². The van der Waals surface area contributed by atoms with Crippen molar-refractivity contribution in [1.82, 2.24) is 9.29 Å². The van der Waals surface area contributed by atoms with E-state index in [1.165, 1.54) is 15.6 Å². The van der Waals surface area contributed by atoms with Crippen LogP contribution in [-0.4, -0.2) is 36.9 Å². The highest BCUT2D eigenvalue weighted by Crippen LogP contribution is 2.28. The SMILES string of the molecule is Cc1cccc(OC2CN(S(=O)(=O)c3ccc(C)s3)C2)n1. The van der Waals surface area contributed by atoms with Crippen LogP contribution in [0.2, 0.25) is 0 Å². The molecule has 7 heteroatoms. The molecule has 0 saturated carbocycles. The average Bonchev–Trinajstić information content (AvgIpc) is 2.80. The molecule has 1 fully saturated rings. The van der Waals surface area contributed by atoms with Crippen LogP contribution < -0.4 is 4.74 Å². The Labute approximate surface area is 128 Å². The van der Waals surface area contributed by atoms with Gasteiger partial charge in [0.15, 0.2) is 0 Å². The van der Waals surface area contributed by atoms with Crippen molar-refractivity contribution in [2.24, 2.45) is 0 Å². The average molecular weight is 324 g/mol. The molecule has 2 aromatic heterocycles. The second-order valence-corrected chi connectivity index (χ2v) is 8.50. The second-order valence-electron chi connectivity index (χ2n) is 5.04. The summed E-state index contributed by atoms with van der Waals surface area (Å²) in [5.74, 6) is 0.545. The highest BCUT2D eigenvalue weighted by atomic mass is 32.2. The molecule has 0 bridgehead atoms. The van der Waals surface area contributed by atoms with Gasteiger partial charge in [-0.25, -0.2) is 13.4 Å². The van der Waals surface area contributed by atoms with E-state index in [0.717, 1.165) is 10.6 Å². The maximum absolute atomic E-state index is 12.3. The number of nitrogens with zero attached hydrogens (tertiary/aromatic N) is 2. The van der Waals surface area contributed by atoms with E-state index in [-0.39, 0.29) is 6.10 Å². The molecular weight excluding hydrogens is 308 g/mol. The van der Waals surface area contributed by atoms with Crippen LogP contribution in [0.3, 0.4) is 0 Å². The summed E-state index contributed by atoms with van der Waals surface area (Å²) >= 11 is 1.30. The number of rotatable bonds is 4. The molecule has 0 aliphatic carbocycles. The van der Waals surface area contributed by atoms with Gasteiger partial charge in [-0.1, -0.05) is 6.07 Å². The zero-order valence-corrected chi connectivity index (χ0v) is 13.4. The van der Waals surface area contributed by atoms with Gasteiger partial charge in [-0.05, 0) is 32.0 Å². The lowest BCUT2D eigenvalue weighted by Crippen LogP contribution is -2.55. The Kier molecular flexibility index (Phi) is 3.73. The minimum atomic E-state index is -3.36. The van der Waals surface area contributed by atoms with E-state index in [0.29, 0.717) is 23.2 Å². The van der Waals surface area contributed by atoms with E-state index in [1.807, 2.05) is 32.0 Å². The highest BCUT2D eigenvalue weighted by Gasteiger charge is 2.38. The molecule has 1 aliphatic heterocycles. The van der Waals surface area contributed by atoms with Gasteiger partial charge >= 0.3 is 0 Å². The summed E-state index contributed by atoms with van der Waals surface area (Å²) in [4.78, 5) is 5.25. The van der Waals surface area contributed by atoms with Crippen LogP contribution >= 0.6 is 11.3 Å². The number of ether oxygens (including phenoxy) is 1. The van der Waals surface area contributed by atoms with Crippen molar-refractivity contribution in [2.75, 3.05) is 13.1 Å². The lowest BCUT2D eigenvalue weighted by Gasteiger charge is -2.37. The topological polar surface area (TPSA) is 59.5 Å². The number of aryl methyl sites for hydroxylation is 2. The molecule has 1 saturated heterocycles. The van der Waals surface area contributed by atoms with Crippen LogP contribution in [0.25, 0.3) is 0 Å². The maximum Gasteiger partial charge on any atom is 0.252 e. The Hall–Kier alpha value is -1.44. The standard InChI is InChI=1S/C14H16N2O3S2/c1-10-4-3-5-13(15-10)19-12-8-16(9-12)21(17,18)14-7-6-11(2)20-14/h3-7,12H,8-9H2,1-2H3. The first kappa shape index (κ1) is 14.5. The van der Waals surface area contributed by atoms with Crippen molar-refractivity contribution in [2.45, 2.75) is 24.2 Å². The van der Waals surface area contributed by atoms with Gasteiger partial charge in [0.1, 0.15) is 10.3 Å². The summed E-state index contributed by atoms with van der Waals surface area (Å²) in [6.45, 7) is 4.53. The van der Waals surface area contributed by atoms with E-state index in [2.05, 4.69) is 4.98 Å². The Morgan fingerprint density at radius 1 is 1.24 bits per heavy atom. The van der Waals surface area contributed by atoms with Crippen LogP contribution in [0.1, 0.15) is 10.6 Å². The molecule has 21 heavy (non-hydrogen) atoms. The fourth-order valence-corrected chi connectivity index (χ4v) is 5.04. The number of hydrogen-bond acceptors (Lipinski definition) is 5. The normalized spacial score (nSPS) is 16.7. The zero-order valence-electron chi connectivity index (χ0n) is 11.8. The molecular formula is C14H16N2O3S2. The minimum absolute atomic E-state index is 0.130. The van der Waals surface area contributed by atoms with Gasteiger partial charge in [0.2, 0.25) is 5.88 Å². The van der Waals surface area contributed by atoms with E-state index < -0.39 is 10.0 Å². The summed E-state index contributed by atoms with van der Waals surface area (Å²) < 4.78 is 32.2. The summed E-state index contributed by atoms with van der Waals surface area (Å²) in [6.07, 6.45) is -0.130. The number of hydrogen-bond donors (Lipinski definition) is 0. The Morgan fingerprint density at radius 3 is 2.62 bits per heavy atom. The fraction of sp³-hybridized carbons (Fsp3) is 0.357. The van der Waals surface area contributed by atoms with E-state index in [1.54, 1.807) is 12.1 Å². The van der Waals surface area contributed by atoms with E-state index in [4.69, 9.17) is 4.74 Å². The summed E-state index contributed by atoms with van der Waals surface area (Å²) in [6, 6.07) is 9.03. The molecule has 3 rings (SSSR count). The van der Waals surface area contributed by atoms with Gasteiger partial charge in [0.25, 0.3) is 10.0 Å². The zero-order chi connectivity index (χ0) is 15.0. The molecule has 112 valence electrons. The molecule has 0 amide bonds. The van der Waals surface area contributed by atoms with Crippen LogP contribution in [0.5, 0.6) is 5.88 Å². The number of aromatic nitrogens is 1. The van der Waals surface area contributed by atoms with Crippen molar-refractivity contribution in [3.05, 3.63) is 40.9 Å². The van der Waals surface area contributed by atoms with E-state index >= 15 is 0 Å². The van der Waals surface area contributed by atoms with Crippen molar-refractivity contribution in [1.29, 1.82) is 0 Å². The Balaban J connectivity index is 1.63. The quantitative estimate of drug-likeness (QED) is 0.865. The summed E-state index contributed by atoms with van der Waals surface area (Å²) in [5, 5.41) is 0. The fourth-order valence-electron chi connectivity index (χ4n) is 2.10. The molecule has 0 atom stereocenters. The van der Waals surface area contributed by atoms with Crippen molar-refractivity contribution in [3.8, 4) is 5.88 Å². The Morgan fingerprint density at radius 2 is 2.00 bits per heavy atom. The van der Waals surface area contributed by atoms with Crippen molar-refractivity contribution in [3.63, 3.8) is 0 Å². The minimum Gasteiger partial charge on any atom is -0.472 e. The third-order valence-corrected chi connectivity index (χ3v) is 6.57. The second kappa shape index (κ2) is 5.40. The molecule has 0 unspecified atom stereocenters. The predicted octanol–water partition coefficient (Wildman–Crippen LogP) is 2.21. The lowest BCUT2D eigenvalue weighted by atomic mass is 10.2. The first-order chi connectivity index (χ1) is 9.95. The summed E-state index contributed by atoms with van der Waals surface area (Å²) in [5.41, 5.74) is 0.880. The van der Waals surface area contributed by atoms with Gasteiger partial charge in [0.05, 0.1) is 13.1 Å². The third kappa shape index (κ3) is 2.95. The molecule has 5 nitrogen and oxygen atoms in total. The highest BCUT2D eigenvalue weighted by molar-refractivity contribution is 7.91. The van der Waals surface area contributed by atoms with Gasteiger partial charge < -0.3 is 4.74 Å². The molecule has 2 aromatic rings. The Bertz CT molecular complexity index is 749. The van der Waals surface area contributed by atoms with Crippen molar-refractivity contribution >= 4 is 21.4 Å². The first-order valence-corrected chi connectivity index (χ1v) is 8.88. The van der Waals surface area contributed by atoms with Crippen LogP contribution in [0.4, 0.5) is 0 Å². The molecule has 0 aromatic carbocycles. The monoisotopic (exact) mass is 324 g/mol. The molecule has 0 N–H and O–H groups in total. The number of pyridine rings is 1. The molecule has 0 spiro atoms. The van der Waals surface area contributed by atoms with Gasteiger partial charge in [-0.3, -0.25) is 0 Å². The maximum atomic E-state index is 12.3. The lowest BCUT2D eigenvalue weighted by molar-refractivity contribution is 0.0721. The number of thiophene rings is 1. The van der Waals surface area contributed by atoms with Crippen LogP contribution in [0.15, 0.2) is 34.5 Å². The smallest absolute Gasteiger partial charge is 0.252 e. The van der Waals surface area contributed by atoms with Gasteiger partial charge in [-0.15, -0.1) is 11.3 Å². The molecule has 3 heterocycles. The molecule has 1 aliphatic rings. The number of sulfonamides is 1. The van der Waals surface area contributed by atoms with E-state index in [9.17, 15) is 8.42 Å². The van der Waals surface area contributed by atoms with Gasteiger partial charge in [-0.2, -0.15) is 4.31 Å². The largest absolute Gasteiger partial charge is 0.472 e. The molecule has 0 radical (unpaired) electrons.